The maximum Gasteiger partial charge on any atom is 0.533 e. The molecule has 2 aromatic carbocycles. The van der Waals surface area contributed by atoms with Gasteiger partial charge in [-0.1, -0.05) is 63.3 Å². The summed E-state index contributed by atoms with van der Waals surface area (Å²) in [7, 11) is -3.10. The average molecular weight is 532 g/mol. The maximum atomic E-state index is 12.4. The summed E-state index contributed by atoms with van der Waals surface area (Å²) in [5.74, 6) is 5.96. The molecule has 0 saturated carbocycles. The molecule has 8 heteroatoms. The summed E-state index contributed by atoms with van der Waals surface area (Å²) in [5.41, 5.74) is 12.9. The number of ether oxygens (including phenoxy) is 1. The van der Waals surface area contributed by atoms with Crippen LogP contribution in [0.5, 0.6) is 0 Å². The Morgan fingerprint density at radius 3 is 1.89 bits per heavy atom. The molecule has 37 heavy (non-hydrogen) atoms. The SMILES string of the molecule is C[Si](C)(C)C#Cc1ccc2c(c1)C(COC(=O)ON1C(=O)CCC1O)c1cc(C#C[Si](C)(C)C)ccc1-2. The van der Waals surface area contributed by atoms with Gasteiger partial charge in [-0.05, 0) is 46.5 Å². The number of hydroxylamine groups is 2. The van der Waals surface area contributed by atoms with Crippen molar-refractivity contribution < 1.29 is 24.3 Å². The van der Waals surface area contributed by atoms with Crippen LogP contribution < -0.4 is 0 Å². The molecule has 1 heterocycles. The first kappa shape index (κ1) is 26.7. The zero-order valence-corrected chi connectivity index (χ0v) is 24.3. The molecular weight excluding hydrogens is 498 g/mol. The Morgan fingerprint density at radius 1 is 0.946 bits per heavy atom. The number of aliphatic hydroxyl groups is 1. The normalized spacial score (nSPS) is 16.8. The number of aliphatic hydroxyl groups excluding tert-OH is 1. The van der Waals surface area contributed by atoms with E-state index in [4.69, 9.17) is 9.57 Å². The van der Waals surface area contributed by atoms with Gasteiger partial charge in [0.2, 0.25) is 0 Å². The topological polar surface area (TPSA) is 76.1 Å². The number of carbonyl (C=O) groups excluding carboxylic acids is 2. The highest BCUT2D eigenvalue weighted by Crippen LogP contribution is 2.45. The van der Waals surface area contributed by atoms with Crippen LogP contribution in [0.15, 0.2) is 36.4 Å². The van der Waals surface area contributed by atoms with Gasteiger partial charge in [0, 0.05) is 29.9 Å². The molecule has 1 aliphatic heterocycles. The van der Waals surface area contributed by atoms with E-state index in [1.54, 1.807) is 0 Å². The van der Waals surface area contributed by atoms with Crippen LogP contribution >= 0.6 is 0 Å². The Kier molecular flexibility index (Phi) is 7.39. The zero-order valence-electron chi connectivity index (χ0n) is 22.3. The van der Waals surface area contributed by atoms with Crippen molar-refractivity contribution in [3.05, 3.63) is 58.7 Å². The van der Waals surface area contributed by atoms with Gasteiger partial charge in [-0.25, -0.2) is 4.79 Å². The van der Waals surface area contributed by atoms with E-state index >= 15 is 0 Å². The average Bonchev–Trinajstić information content (AvgIpc) is 3.29. The van der Waals surface area contributed by atoms with Crippen LogP contribution in [-0.2, 0) is 14.4 Å². The Balaban J connectivity index is 1.65. The smallest absolute Gasteiger partial charge is 0.432 e. The number of fused-ring (bicyclic) bond motifs is 3. The van der Waals surface area contributed by atoms with Crippen molar-refractivity contribution in [1.29, 1.82) is 0 Å². The number of nitrogens with zero attached hydrogens (tertiary/aromatic N) is 1. The summed E-state index contributed by atoms with van der Waals surface area (Å²) in [6.45, 7) is 13.2. The number of carbonyl (C=O) groups is 2. The third-order valence-corrected chi connectivity index (χ3v) is 7.73. The first-order chi connectivity index (χ1) is 17.3. The van der Waals surface area contributed by atoms with Crippen molar-refractivity contribution in [2.75, 3.05) is 6.61 Å². The fourth-order valence-corrected chi connectivity index (χ4v) is 5.27. The van der Waals surface area contributed by atoms with Crippen molar-refractivity contribution in [3.8, 4) is 34.1 Å². The molecule has 0 bridgehead atoms. The number of benzene rings is 2. The van der Waals surface area contributed by atoms with Gasteiger partial charge in [-0.3, -0.25) is 4.79 Å². The fourth-order valence-electron chi connectivity index (χ4n) is 4.23. The lowest BCUT2D eigenvalue weighted by Crippen LogP contribution is -2.35. The first-order valence-electron chi connectivity index (χ1n) is 12.5. The summed E-state index contributed by atoms with van der Waals surface area (Å²) in [6, 6.07) is 12.4. The van der Waals surface area contributed by atoms with Gasteiger partial charge in [0.15, 0.2) is 6.23 Å². The fraction of sp³-hybridized carbons (Fsp3) is 0.379. The van der Waals surface area contributed by atoms with Gasteiger partial charge in [0.25, 0.3) is 5.91 Å². The zero-order chi connectivity index (χ0) is 27.0. The van der Waals surface area contributed by atoms with E-state index in [2.05, 4.69) is 86.5 Å². The van der Waals surface area contributed by atoms with Gasteiger partial charge in [0.1, 0.15) is 22.8 Å². The first-order valence-corrected chi connectivity index (χ1v) is 19.5. The molecule has 1 N–H and O–H groups in total. The predicted octanol–water partition coefficient (Wildman–Crippen LogP) is 5.27. The predicted molar refractivity (Wildman–Crippen MR) is 149 cm³/mol. The lowest BCUT2D eigenvalue weighted by molar-refractivity contribution is -0.199. The van der Waals surface area contributed by atoms with Crippen LogP contribution in [0, 0.1) is 22.9 Å². The Morgan fingerprint density at radius 2 is 1.46 bits per heavy atom. The third kappa shape index (κ3) is 6.53. The van der Waals surface area contributed by atoms with Crippen LogP contribution in [0.2, 0.25) is 39.3 Å². The van der Waals surface area contributed by atoms with E-state index < -0.39 is 34.4 Å². The molecule has 4 rings (SSSR count). The van der Waals surface area contributed by atoms with Crippen LogP contribution in [0.4, 0.5) is 4.79 Å². The molecule has 1 saturated heterocycles. The van der Waals surface area contributed by atoms with Gasteiger partial charge in [-0.15, -0.1) is 16.2 Å². The molecule has 192 valence electrons. The van der Waals surface area contributed by atoms with Crippen molar-refractivity contribution in [3.63, 3.8) is 0 Å². The summed E-state index contributed by atoms with van der Waals surface area (Å²) >= 11 is 0. The van der Waals surface area contributed by atoms with Gasteiger partial charge < -0.3 is 14.7 Å². The van der Waals surface area contributed by atoms with Gasteiger partial charge >= 0.3 is 6.16 Å². The lowest BCUT2D eigenvalue weighted by Gasteiger charge is -2.19. The minimum Gasteiger partial charge on any atom is -0.432 e. The van der Waals surface area contributed by atoms with E-state index in [1.165, 1.54) is 0 Å². The second-order valence-corrected chi connectivity index (χ2v) is 21.0. The molecular formula is C29H33NO5Si2. The molecule has 1 unspecified atom stereocenters. The second kappa shape index (κ2) is 10.2. The quantitative estimate of drug-likeness (QED) is 0.332. The molecule has 1 fully saturated rings. The van der Waals surface area contributed by atoms with Crippen LogP contribution in [0.3, 0.4) is 0 Å². The minimum atomic E-state index is -1.55. The van der Waals surface area contributed by atoms with Crippen molar-refractivity contribution >= 4 is 28.2 Å². The molecule has 0 spiro atoms. The Bertz CT molecular complexity index is 1280. The van der Waals surface area contributed by atoms with E-state index in [0.717, 1.165) is 33.4 Å². The number of amides is 1. The van der Waals surface area contributed by atoms with Gasteiger partial charge in [0.05, 0.1) is 0 Å². The number of hydrogen-bond acceptors (Lipinski definition) is 5. The Hall–Kier alpha value is -3.31. The Labute approximate surface area is 220 Å². The van der Waals surface area contributed by atoms with Crippen molar-refractivity contribution in [1.82, 2.24) is 5.06 Å². The van der Waals surface area contributed by atoms with Crippen molar-refractivity contribution in [2.45, 2.75) is 64.3 Å². The van der Waals surface area contributed by atoms with E-state index in [9.17, 15) is 14.7 Å². The molecule has 0 aromatic heterocycles. The number of rotatable bonds is 3. The molecule has 6 nitrogen and oxygen atoms in total. The third-order valence-electron chi connectivity index (χ3n) is 5.98. The largest absolute Gasteiger partial charge is 0.533 e. The minimum absolute atomic E-state index is 0.0206. The van der Waals surface area contributed by atoms with E-state index in [0.29, 0.717) is 5.06 Å². The van der Waals surface area contributed by atoms with E-state index in [1.807, 2.05) is 12.1 Å². The van der Waals surface area contributed by atoms with Crippen LogP contribution in [0.25, 0.3) is 11.1 Å². The maximum absolute atomic E-state index is 12.4. The monoisotopic (exact) mass is 531 g/mol. The van der Waals surface area contributed by atoms with Crippen molar-refractivity contribution in [2.24, 2.45) is 0 Å². The lowest BCUT2D eigenvalue weighted by atomic mass is 9.96. The molecule has 1 amide bonds. The molecule has 1 aliphatic carbocycles. The highest BCUT2D eigenvalue weighted by atomic mass is 28.3. The van der Waals surface area contributed by atoms with Gasteiger partial charge in [-0.2, -0.15) is 0 Å². The molecule has 0 radical (unpaired) electrons. The number of hydrogen-bond donors (Lipinski definition) is 1. The highest BCUT2D eigenvalue weighted by Gasteiger charge is 2.35. The van der Waals surface area contributed by atoms with Crippen LogP contribution in [-0.4, -0.2) is 51.2 Å². The van der Waals surface area contributed by atoms with Crippen LogP contribution in [0.1, 0.15) is 41.0 Å². The van der Waals surface area contributed by atoms with E-state index in [-0.39, 0.29) is 25.4 Å². The molecule has 2 aliphatic rings. The molecule has 2 aromatic rings. The summed E-state index contributed by atoms with van der Waals surface area (Å²) in [6.07, 6.45) is -1.82. The standard InChI is InChI=1S/C29H33NO5Si2/c1-36(2,3)15-13-20-7-9-22-23-10-8-21(14-16-37(4,5)6)18-25(23)26(24(22)17-20)19-34-29(33)35-30-27(31)11-12-28(30)32/h7-10,17-18,26-27,31H,11-12,19H2,1-6H3. The second-order valence-electron chi connectivity index (χ2n) is 11.5. The summed E-state index contributed by atoms with van der Waals surface area (Å²) in [5, 5.41) is 10.6. The summed E-state index contributed by atoms with van der Waals surface area (Å²) in [4.78, 5) is 29.3. The highest BCUT2D eigenvalue weighted by molar-refractivity contribution is 6.84. The molecule has 1 atom stereocenters. The summed E-state index contributed by atoms with van der Waals surface area (Å²) < 4.78 is 5.48.